The number of hydroxylamine groups is 2. The maximum absolute atomic E-state index is 12.9. The van der Waals surface area contributed by atoms with E-state index in [0.717, 1.165) is 24.6 Å². The van der Waals surface area contributed by atoms with Gasteiger partial charge in [-0.3, -0.25) is 9.59 Å². The van der Waals surface area contributed by atoms with Gasteiger partial charge in [-0.2, -0.15) is 13.2 Å². The minimum atomic E-state index is -4.60. The van der Waals surface area contributed by atoms with Crippen LogP contribution in [0.25, 0.3) is 11.3 Å². The second-order valence-corrected chi connectivity index (χ2v) is 5.94. The van der Waals surface area contributed by atoms with Crippen LogP contribution in [0.1, 0.15) is 36.8 Å². The molecule has 0 N–H and O–H groups in total. The first-order valence-corrected chi connectivity index (χ1v) is 8.08. The predicted molar refractivity (Wildman–Crippen MR) is 89.3 cm³/mol. The van der Waals surface area contributed by atoms with Gasteiger partial charge in [0.05, 0.1) is 16.7 Å². The van der Waals surface area contributed by atoms with Gasteiger partial charge in [0.25, 0.3) is 11.8 Å². The van der Waals surface area contributed by atoms with Gasteiger partial charge >= 0.3 is 12.1 Å². The molecule has 10 heteroatoms. The monoisotopic (exact) mass is 402 g/mol. The highest BCUT2D eigenvalue weighted by Gasteiger charge is 2.39. The SMILES string of the molecule is O=C(ON1C(=O)c2ccccc2C1=O)c1ncoc1-c1cccc(C(F)(F)F)c1. The Kier molecular flexibility index (Phi) is 4.18. The molecule has 2 heterocycles. The lowest BCUT2D eigenvalue weighted by molar-refractivity contribution is -0.137. The number of hydrogen-bond donors (Lipinski definition) is 0. The summed E-state index contributed by atoms with van der Waals surface area (Å²) in [5, 5.41) is 0.275. The average Bonchev–Trinajstić information content (AvgIpc) is 3.28. The van der Waals surface area contributed by atoms with Crippen LogP contribution < -0.4 is 0 Å². The molecule has 0 unspecified atom stereocenters. The molecule has 0 radical (unpaired) electrons. The van der Waals surface area contributed by atoms with E-state index in [4.69, 9.17) is 9.25 Å². The van der Waals surface area contributed by atoms with E-state index in [1.807, 2.05) is 0 Å². The van der Waals surface area contributed by atoms with Crippen molar-refractivity contribution in [3.63, 3.8) is 0 Å². The van der Waals surface area contributed by atoms with Crippen molar-refractivity contribution in [1.82, 2.24) is 10.0 Å². The average molecular weight is 402 g/mol. The minimum absolute atomic E-state index is 0.0588. The van der Waals surface area contributed by atoms with E-state index >= 15 is 0 Å². The number of nitrogens with zero attached hydrogens (tertiary/aromatic N) is 2. The lowest BCUT2D eigenvalue weighted by Gasteiger charge is -2.12. The van der Waals surface area contributed by atoms with Gasteiger partial charge in [0.2, 0.25) is 0 Å². The van der Waals surface area contributed by atoms with Crippen LogP contribution in [0.3, 0.4) is 0 Å². The summed E-state index contributed by atoms with van der Waals surface area (Å²) in [6, 6.07) is 9.93. The first-order chi connectivity index (χ1) is 13.8. The molecule has 7 nitrogen and oxygen atoms in total. The minimum Gasteiger partial charge on any atom is -0.443 e. The first-order valence-electron chi connectivity index (χ1n) is 8.08. The van der Waals surface area contributed by atoms with Crippen LogP contribution in [-0.4, -0.2) is 27.8 Å². The number of imide groups is 1. The molecule has 0 saturated heterocycles. The Morgan fingerprint density at radius 1 is 1.00 bits per heavy atom. The van der Waals surface area contributed by atoms with Gasteiger partial charge in [0.1, 0.15) is 0 Å². The molecular weight excluding hydrogens is 393 g/mol. The Bertz CT molecular complexity index is 1120. The van der Waals surface area contributed by atoms with Crippen molar-refractivity contribution >= 4 is 17.8 Å². The second-order valence-electron chi connectivity index (χ2n) is 5.94. The molecule has 0 fully saturated rings. The molecule has 1 aliphatic heterocycles. The van der Waals surface area contributed by atoms with Crippen molar-refractivity contribution in [2.24, 2.45) is 0 Å². The molecular formula is C19H9F3N2O5. The van der Waals surface area contributed by atoms with Crippen LogP contribution in [0.4, 0.5) is 13.2 Å². The number of halogens is 3. The number of amides is 2. The fourth-order valence-electron chi connectivity index (χ4n) is 2.81. The lowest BCUT2D eigenvalue weighted by atomic mass is 10.1. The Hall–Kier alpha value is -3.95. The normalized spacial score (nSPS) is 13.6. The fraction of sp³-hybridized carbons (Fsp3) is 0.0526. The topological polar surface area (TPSA) is 89.7 Å². The van der Waals surface area contributed by atoms with Crippen molar-refractivity contribution in [3.05, 3.63) is 77.3 Å². The summed E-state index contributed by atoms with van der Waals surface area (Å²) >= 11 is 0. The third-order valence-corrected chi connectivity index (χ3v) is 4.14. The number of rotatable bonds is 3. The zero-order valence-corrected chi connectivity index (χ0v) is 14.3. The Balaban J connectivity index is 1.62. The van der Waals surface area contributed by atoms with E-state index in [1.54, 1.807) is 12.1 Å². The van der Waals surface area contributed by atoms with Crippen LogP contribution in [-0.2, 0) is 11.0 Å². The molecule has 1 aliphatic rings. The molecule has 146 valence electrons. The van der Waals surface area contributed by atoms with Crippen LogP contribution in [0.15, 0.2) is 59.3 Å². The van der Waals surface area contributed by atoms with Gasteiger partial charge in [-0.05, 0) is 24.3 Å². The van der Waals surface area contributed by atoms with Crippen molar-refractivity contribution in [2.45, 2.75) is 6.18 Å². The van der Waals surface area contributed by atoms with E-state index in [0.29, 0.717) is 0 Å². The summed E-state index contributed by atoms with van der Waals surface area (Å²) < 4.78 is 43.9. The number of oxazole rings is 1. The maximum Gasteiger partial charge on any atom is 0.416 e. The second kappa shape index (κ2) is 6.59. The van der Waals surface area contributed by atoms with E-state index < -0.39 is 35.2 Å². The molecule has 3 aromatic rings. The molecule has 2 aromatic carbocycles. The van der Waals surface area contributed by atoms with E-state index in [9.17, 15) is 27.6 Å². The van der Waals surface area contributed by atoms with Crippen molar-refractivity contribution in [2.75, 3.05) is 0 Å². The highest BCUT2D eigenvalue weighted by molar-refractivity contribution is 6.21. The lowest BCUT2D eigenvalue weighted by Crippen LogP contribution is -2.32. The molecule has 0 spiro atoms. The number of alkyl halides is 3. The largest absolute Gasteiger partial charge is 0.443 e. The van der Waals surface area contributed by atoms with Crippen molar-refractivity contribution in [3.8, 4) is 11.3 Å². The van der Waals surface area contributed by atoms with Gasteiger partial charge < -0.3 is 9.25 Å². The third kappa shape index (κ3) is 3.14. The summed E-state index contributed by atoms with van der Waals surface area (Å²) in [7, 11) is 0. The van der Waals surface area contributed by atoms with E-state index in [-0.39, 0.29) is 27.5 Å². The fourth-order valence-corrected chi connectivity index (χ4v) is 2.81. The van der Waals surface area contributed by atoms with Crippen LogP contribution in [0, 0.1) is 0 Å². The Morgan fingerprint density at radius 2 is 1.66 bits per heavy atom. The van der Waals surface area contributed by atoms with E-state index in [2.05, 4.69) is 4.98 Å². The highest BCUT2D eigenvalue weighted by atomic mass is 19.4. The van der Waals surface area contributed by atoms with E-state index in [1.165, 1.54) is 18.2 Å². The van der Waals surface area contributed by atoms with Crippen LogP contribution >= 0.6 is 0 Å². The third-order valence-electron chi connectivity index (χ3n) is 4.14. The molecule has 0 aliphatic carbocycles. The molecule has 2 amide bonds. The number of hydrogen-bond acceptors (Lipinski definition) is 6. The zero-order valence-electron chi connectivity index (χ0n) is 14.3. The number of fused-ring (bicyclic) bond motifs is 1. The predicted octanol–water partition coefficient (Wildman–Crippen LogP) is 3.73. The summed E-state index contributed by atoms with van der Waals surface area (Å²) in [6.45, 7) is 0. The van der Waals surface area contributed by atoms with Gasteiger partial charge in [-0.15, -0.1) is 0 Å². The number of carbonyl (C=O) groups is 3. The molecule has 29 heavy (non-hydrogen) atoms. The number of benzene rings is 2. The number of aromatic nitrogens is 1. The standard InChI is InChI=1S/C19H9F3N2O5/c20-19(21,22)11-5-3-4-10(8-11)15-14(23-9-28-15)18(27)29-24-16(25)12-6-1-2-7-13(12)17(24)26/h1-9H. The first kappa shape index (κ1) is 18.4. The van der Waals surface area contributed by atoms with Gasteiger partial charge in [-0.1, -0.05) is 29.3 Å². The summed E-state index contributed by atoms with van der Waals surface area (Å²) in [5.74, 6) is -3.22. The van der Waals surface area contributed by atoms with Crippen molar-refractivity contribution in [1.29, 1.82) is 0 Å². The molecule has 1 aromatic heterocycles. The smallest absolute Gasteiger partial charge is 0.416 e. The summed E-state index contributed by atoms with van der Waals surface area (Å²) in [6.07, 6.45) is -3.76. The van der Waals surface area contributed by atoms with Crippen LogP contribution in [0.2, 0.25) is 0 Å². The summed E-state index contributed by atoms with van der Waals surface area (Å²) in [5.41, 5.74) is -1.40. The van der Waals surface area contributed by atoms with Gasteiger partial charge in [0, 0.05) is 5.56 Å². The molecule has 0 bridgehead atoms. The molecule has 0 saturated carbocycles. The maximum atomic E-state index is 12.9. The Morgan fingerprint density at radius 3 is 2.28 bits per heavy atom. The quantitative estimate of drug-likeness (QED) is 0.621. The number of carbonyl (C=O) groups excluding carboxylic acids is 3. The summed E-state index contributed by atoms with van der Waals surface area (Å²) in [4.78, 5) is 45.6. The van der Waals surface area contributed by atoms with Gasteiger partial charge in [-0.25, -0.2) is 9.78 Å². The molecule has 4 rings (SSSR count). The zero-order chi connectivity index (χ0) is 20.8. The Labute approximate surface area is 160 Å². The van der Waals surface area contributed by atoms with Gasteiger partial charge in [0.15, 0.2) is 17.8 Å². The molecule has 0 atom stereocenters. The van der Waals surface area contributed by atoms with Crippen molar-refractivity contribution < 1.29 is 36.8 Å². The van der Waals surface area contributed by atoms with Crippen LogP contribution in [0.5, 0.6) is 0 Å². The highest BCUT2D eigenvalue weighted by Crippen LogP contribution is 2.33.